The van der Waals surface area contributed by atoms with Crippen LogP contribution in [0.4, 0.5) is 13.2 Å². The maximum Gasteiger partial charge on any atom is 0.417 e. The summed E-state index contributed by atoms with van der Waals surface area (Å²) in [6.07, 6.45) is 0.700. The Morgan fingerprint density at radius 3 is 2.43 bits per heavy atom. The standard InChI is InChI=1S/C22H24F3N3OS/c1-5-13(6-2)14-9-12(3)21-27-18(19(20(26)29)28(21)11-14)16-8-7-15(30-4)10-17(16)22(23,24)25/h7-11,13H,5-6H2,1-4H3,(H2,26,29). The van der Waals surface area contributed by atoms with Crippen molar-refractivity contribution in [2.45, 2.75) is 50.6 Å². The average molecular weight is 436 g/mol. The quantitative estimate of drug-likeness (QED) is 0.479. The molecule has 0 aliphatic carbocycles. The van der Waals surface area contributed by atoms with Gasteiger partial charge in [0, 0.05) is 16.7 Å². The van der Waals surface area contributed by atoms with E-state index in [1.165, 1.54) is 17.8 Å². The minimum atomic E-state index is -4.60. The van der Waals surface area contributed by atoms with Crippen LogP contribution in [0.25, 0.3) is 16.9 Å². The highest BCUT2D eigenvalue weighted by Crippen LogP contribution is 2.40. The molecular formula is C22H24F3N3OS. The molecule has 2 N–H and O–H groups in total. The van der Waals surface area contributed by atoms with Crippen molar-refractivity contribution in [3.63, 3.8) is 0 Å². The SMILES string of the molecule is CCC(CC)c1cc(C)c2nc(-c3ccc(SC)cc3C(F)(F)F)c(C(N)=O)n2c1. The number of benzene rings is 1. The number of hydrogen-bond donors (Lipinski definition) is 1. The van der Waals surface area contributed by atoms with Crippen molar-refractivity contribution in [1.82, 2.24) is 9.38 Å². The van der Waals surface area contributed by atoms with E-state index in [1.807, 2.05) is 13.0 Å². The lowest BCUT2D eigenvalue weighted by atomic mass is 9.94. The van der Waals surface area contributed by atoms with Crippen LogP contribution in [-0.4, -0.2) is 21.5 Å². The number of fused-ring (bicyclic) bond motifs is 1. The van der Waals surface area contributed by atoms with E-state index < -0.39 is 17.6 Å². The van der Waals surface area contributed by atoms with Gasteiger partial charge in [0.15, 0.2) is 0 Å². The van der Waals surface area contributed by atoms with Gasteiger partial charge < -0.3 is 5.73 Å². The number of halogens is 3. The predicted molar refractivity (Wildman–Crippen MR) is 114 cm³/mol. The van der Waals surface area contributed by atoms with Gasteiger partial charge >= 0.3 is 6.18 Å². The number of aromatic nitrogens is 2. The molecule has 0 atom stereocenters. The van der Waals surface area contributed by atoms with Crippen LogP contribution >= 0.6 is 11.8 Å². The van der Waals surface area contributed by atoms with E-state index in [2.05, 4.69) is 18.8 Å². The molecule has 1 amide bonds. The highest BCUT2D eigenvalue weighted by molar-refractivity contribution is 7.98. The fraction of sp³-hybridized carbons (Fsp3) is 0.364. The number of rotatable bonds is 6. The third-order valence-corrected chi connectivity index (χ3v) is 6.13. The lowest BCUT2D eigenvalue weighted by Gasteiger charge is -2.15. The van der Waals surface area contributed by atoms with Gasteiger partial charge in [-0.2, -0.15) is 13.2 Å². The van der Waals surface area contributed by atoms with Crippen LogP contribution < -0.4 is 5.73 Å². The van der Waals surface area contributed by atoms with E-state index >= 15 is 0 Å². The molecule has 0 saturated heterocycles. The molecule has 3 aromatic rings. The Hall–Kier alpha value is -2.48. The summed E-state index contributed by atoms with van der Waals surface area (Å²) in [5.74, 6) is -0.549. The number of imidazole rings is 1. The predicted octanol–water partition coefficient (Wildman–Crippen LogP) is 6.05. The van der Waals surface area contributed by atoms with Gasteiger partial charge in [0.2, 0.25) is 0 Å². The van der Waals surface area contributed by atoms with Gasteiger partial charge in [-0.15, -0.1) is 11.8 Å². The fourth-order valence-electron chi connectivity index (χ4n) is 3.84. The summed E-state index contributed by atoms with van der Waals surface area (Å²) in [5, 5.41) is 0. The maximum atomic E-state index is 13.8. The first kappa shape index (κ1) is 22.2. The zero-order chi connectivity index (χ0) is 22.2. The van der Waals surface area contributed by atoms with Gasteiger partial charge in [-0.1, -0.05) is 26.0 Å². The lowest BCUT2D eigenvalue weighted by molar-refractivity contribution is -0.137. The zero-order valence-electron chi connectivity index (χ0n) is 17.3. The Morgan fingerprint density at radius 1 is 1.23 bits per heavy atom. The summed E-state index contributed by atoms with van der Waals surface area (Å²) in [4.78, 5) is 17.3. The number of nitrogens with zero attached hydrogens (tertiary/aromatic N) is 2. The van der Waals surface area contributed by atoms with E-state index in [9.17, 15) is 18.0 Å². The van der Waals surface area contributed by atoms with Gasteiger partial charge in [0.1, 0.15) is 17.0 Å². The Bertz CT molecular complexity index is 1100. The van der Waals surface area contributed by atoms with E-state index in [0.717, 1.165) is 30.0 Å². The molecule has 8 heteroatoms. The Balaban J connectivity index is 2.37. The van der Waals surface area contributed by atoms with Crippen LogP contribution in [0.2, 0.25) is 0 Å². The second kappa shape index (κ2) is 8.34. The number of aryl methyl sites for hydroxylation is 1. The molecule has 30 heavy (non-hydrogen) atoms. The summed E-state index contributed by atoms with van der Waals surface area (Å²) in [5.41, 5.74) is 6.77. The number of carbonyl (C=O) groups is 1. The number of alkyl halides is 3. The molecular weight excluding hydrogens is 411 g/mol. The molecule has 0 radical (unpaired) electrons. The number of amides is 1. The van der Waals surface area contributed by atoms with Crippen molar-refractivity contribution in [3.05, 3.63) is 52.8 Å². The molecule has 3 rings (SSSR count). The summed E-state index contributed by atoms with van der Waals surface area (Å²) >= 11 is 1.21. The normalized spacial score (nSPS) is 12.1. The molecule has 160 valence electrons. The molecule has 1 aromatic carbocycles. The lowest BCUT2D eigenvalue weighted by Crippen LogP contribution is -2.16. The van der Waals surface area contributed by atoms with Crippen molar-refractivity contribution in [2.24, 2.45) is 5.73 Å². The van der Waals surface area contributed by atoms with Crippen molar-refractivity contribution >= 4 is 23.3 Å². The molecule has 0 fully saturated rings. The monoisotopic (exact) mass is 435 g/mol. The van der Waals surface area contributed by atoms with Gasteiger partial charge in [-0.25, -0.2) is 4.98 Å². The smallest absolute Gasteiger partial charge is 0.364 e. The molecule has 0 saturated carbocycles. The summed E-state index contributed by atoms with van der Waals surface area (Å²) < 4.78 is 43.0. The molecule has 2 aromatic heterocycles. The van der Waals surface area contributed by atoms with E-state index in [1.54, 1.807) is 22.9 Å². The van der Waals surface area contributed by atoms with Gasteiger partial charge in [-0.3, -0.25) is 9.20 Å². The maximum absolute atomic E-state index is 13.8. The largest absolute Gasteiger partial charge is 0.417 e. The van der Waals surface area contributed by atoms with E-state index in [4.69, 9.17) is 5.73 Å². The molecule has 4 nitrogen and oxygen atoms in total. The molecule has 0 aliphatic rings. The zero-order valence-corrected chi connectivity index (χ0v) is 18.1. The number of hydrogen-bond acceptors (Lipinski definition) is 3. The molecule has 0 unspecified atom stereocenters. The van der Waals surface area contributed by atoms with Crippen LogP contribution in [0.5, 0.6) is 0 Å². The summed E-state index contributed by atoms with van der Waals surface area (Å²) in [6.45, 7) is 5.99. The summed E-state index contributed by atoms with van der Waals surface area (Å²) in [6, 6.07) is 6.01. The van der Waals surface area contributed by atoms with Gasteiger partial charge in [0.25, 0.3) is 5.91 Å². The second-order valence-corrected chi connectivity index (χ2v) is 8.13. The van der Waals surface area contributed by atoms with Crippen LogP contribution in [-0.2, 0) is 6.18 Å². The first-order chi connectivity index (χ1) is 14.1. The van der Waals surface area contributed by atoms with Crippen LogP contribution in [0.15, 0.2) is 35.4 Å². The molecule has 0 aliphatic heterocycles. The molecule has 0 spiro atoms. The molecule has 0 bridgehead atoms. The van der Waals surface area contributed by atoms with Gasteiger partial charge in [0.05, 0.1) is 5.56 Å². The highest BCUT2D eigenvalue weighted by Gasteiger charge is 2.36. The fourth-order valence-corrected chi connectivity index (χ4v) is 4.28. The highest BCUT2D eigenvalue weighted by atomic mass is 32.2. The first-order valence-corrected chi connectivity index (χ1v) is 10.9. The van der Waals surface area contributed by atoms with Crippen molar-refractivity contribution in [2.75, 3.05) is 6.26 Å². The van der Waals surface area contributed by atoms with Crippen LogP contribution in [0.1, 0.15) is 59.8 Å². The van der Waals surface area contributed by atoms with Crippen molar-refractivity contribution in [1.29, 1.82) is 0 Å². The number of pyridine rings is 1. The van der Waals surface area contributed by atoms with Crippen LogP contribution in [0.3, 0.4) is 0 Å². The van der Waals surface area contributed by atoms with E-state index in [-0.39, 0.29) is 22.9 Å². The Kier molecular flexibility index (Phi) is 6.17. The second-order valence-electron chi connectivity index (χ2n) is 7.25. The topological polar surface area (TPSA) is 60.4 Å². The Morgan fingerprint density at radius 2 is 1.90 bits per heavy atom. The third kappa shape index (κ3) is 3.93. The number of nitrogens with two attached hydrogens (primary N) is 1. The molecule has 2 heterocycles. The van der Waals surface area contributed by atoms with E-state index in [0.29, 0.717) is 10.5 Å². The minimum absolute atomic E-state index is 0.0386. The number of carbonyl (C=O) groups excluding carboxylic acids is 1. The van der Waals surface area contributed by atoms with Gasteiger partial charge in [-0.05, 0) is 55.2 Å². The Labute approximate surface area is 177 Å². The number of primary amides is 1. The summed E-state index contributed by atoms with van der Waals surface area (Å²) in [7, 11) is 0. The number of thioether (sulfide) groups is 1. The third-order valence-electron chi connectivity index (χ3n) is 5.40. The minimum Gasteiger partial charge on any atom is -0.364 e. The van der Waals surface area contributed by atoms with Crippen LogP contribution in [0, 0.1) is 6.92 Å². The van der Waals surface area contributed by atoms with Crippen molar-refractivity contribution in [3.8, 4) is 11.3 Å². The first-order valence-electron chi connectivity index (χ1n) is 9.70. The van der Waals surface area contributed by atoms with Crippen molar-refractivity contribution < 1.29 is 18.0 Å². The average Bonchev–Trinajstić information content (AvgIpc) is 3.08.